The summed E-state index contributed by atoms with van der Waals surface area (Å²) in [6, 6.07) is 3.88. The predicted molar refractivity (Wildman–Crippen MR) is 111 cm³/mol. The number of nitrogens with zero attached hydrogens (tertiary/aromatic N) is 4. The second kappa shape index (κ2) is 12.6. The van der Waals surface area contributed by atoms with Crippen molar-refractivity contribution in [3.63, 3.8) is 0 Å². The molecule has 15 heteroatoms. The van der Waals surface area contributed by atoms with Crippen LogP contribution in [0, 0.1) is 11.8 Å². The Kier molecular flexibility index (Phi) is 10.1. The molecule has 0 saturated heterocycles. The maximum Gasteiger partial charge on any atom is 0.490 e. The average Bonchev–Trinajstić information content (AvgIpc) is 3.53. The van der Waals surface area contributed by atoms with Crippen LogP contribution >= 0.6 is 0 Å². The highest BCUT2D eigenvalue weighted by Crippen LogP contribution is 2.31. The lowest BCUT2D eigenvalue weighted by Gasteiger charge is -2.23. The molecule has 1 aliphatic heterocycles. The van der Waals surface area contributed by atoms with Crippen LogP contribution in [0.2, 0.25) is 0 Å². The Morgan fingerprint density at radius 3 is 2.08 bits per heavy atom. The standard InChI is InChI=1S/C17H22N4O.2C2HF3O2/c1-2-17(7-18-5-1)22-12-15-9-20(8-14-3-4-14)11-16-6-19-13-21(16)10-15;2*3-2(4,5)1(6)7/h1-2,5-7,13-15H,3-4,8-12H2;2*(H,6,7). The van der Waals surface area contributed by atoms with Gasteiger partial charge in [-0.3, -0.25) is 9.88 Å². The second-order valence-corrected chi connectivity index (χ2v) is 8.15. The number of hydrogen-bond acceptors (Lipinski definition) is 6. The molecule has 0 spiro atoms. The lowest BCUT2D eigenvalue weighted by atomic mass is 10.1. The van der Waals surface area contributed by atoms with E-state index in [9.17, 15) is 26.3 Å². The van der Waals surface area contributed by atoms with E-state index in [0.717, 1.165) is 37.9 Å². The highest BCUT2D eigenvalue weighted by atomic mass is 19.4. The van der Waals surface area contributed by atoms with Crippen LogP contribution in [0.1, 0.15) is 18.5 Å². The Morgan fingerprint density at radius 2 is 1.58 bits per heavy atom. The molecule has 2 aromatic rings. The van der Waals surface area contributed by atoms with Crippen molar-refractivity contribution in [1.29, 1.82) is 0 Å². The quantitative estimate of drug-likeness (QED) is 0.569. The number of aliphatic carboxylic acids is 2. The van der Waals surface area contributed by atoms with Gasteiger partial charge in [0, 0.05) is 44.5 Å². The van der Waals surface area contributed by atoms with Crippen molar-refractivity contribution in [3.05, 3.63) is 42.7 Å². The van der Waals surface area contributed by atoms with E-state index in [2.05, 4.69) is 19.4 Å². The van der Waals surface area contributed by atoms with E-state index >= 15 is 0 Å². The first-order valence-electron chi connectivity index (χ1n) is 10.6. The van der Waals surface area contributed by atoms with Crippen LogP contribution in [-0.2, 0) is 22.7 Å². The molecule has 0 bridgehead atoms. The van der Waals surface area contributed by atoms with E-state index in [1.807, 2.05) is 24.7 Å². The van der Waals surface area contributed by atoms with Crippen molar-refractivity contribution in [2.45, 2.75) is 38.3 Å². The van der Waals surface area contributed by atoms with Gasteiger partial charge in [0.1, 0.15) is 5.75 Å². The van der Waals surface area contributed by atoms with Crippen LogP contribution in [0.15, 0.2) is 37.1 Å². The number of ether oxygens (including phenoxy) is 1. The summed E-state index contributed by atoms with van der Waals surface area (Å²) in [5.41, 5.74) is 1.32. The molecule has 3 heterocycles. The zero-order valence-corrected chi connectivity index (χ0v) is 18.7. The van der Waals surface area contributed by atoms with Crippen molar-refractivity contribution >= 4 is 11.9 Å². The van der Waals surface area contributed by atoms with Gasteiger partial charge in [0.2, 0.25) is 0 Å². The van der Waals surface area contributed by atoms with Crippen molar-refractivity contribution in [3.8, 4) is 5.75 Å². The Morgan fingerprint density at radius 1 is 0.972 bits per heavy atom. The third-order valence-corrected chi connectivity index (χ3v) is 4.97. The van der Waals surface area contributed by atoms with Gasteiger partial charge < -0.3 is 19.5 Å². The molecule has 2 N–H and O–H groups in total. The summed E-state index contributed by atoms with van der Waals surface area (Å²) in [5.74, 6) is -3.27. The van der Waals surface area contributed by atoms with E-state index in [1.165, 1.54) is 25.1 Å². The molecule has 1 saturated carbocycles. The molecule has 9 nitrogen and oxygen atoms in total. The van der Waals surface area contributed by atoms with Crippen LogP contribution < -0.4 is 4.74 Å². The van der Waals surface area contributed by atoms with Crippen LogP contribution in [0.3, 0.4) is 0 Å². The summed E-state index contributed by atoms with van der Waals surface area (Å²) >= 11 is 0. The van der Waals surface area contributed by atoms with Gasteiger partial charge in [0.05, 0.1) is 24.8 Å². The molecular weight excluding hydrogens is 502 g/mol. The molecule has 0 amide bonds. The van der Waals surface area contributed by atoms with Crippen LogP contribution in [0.25, 0.3) is 0 Å². The first kappa shape index (κ1) is 28.9. The maximum absolute atomic E-state index is 10.6. The number of pyridine rings is 1. The highest BCUT2D eigenvalue weighted by molar-refractivity contribution is 5.73. The molecule has 1 unspecified atom stereocenters. The number of carbonyl (C=O) groups is 2. The lowest BCUT2D eigenvalue weighted by Crippen LogP contribution is -2.32. The molecule has 200 valence electrons. The van der Waals surface area contributed by atoms with Gasteiger partial charge in [0.15, 0.2) is 0 Å². The molecule has 1 atom stereocenters. The Balaban J connectivity index is 0.000000271. The van der Waals surface area contributed by atoms with Crippen LogP contribution in [0.5, 0.6) is 5.75 Å². The maximum atomic E-state index is 10.6. The number of rotatable bonds is 5. The monoisotopic (exact) mass is 526 g/mol. The highest BCUT2D eigenvalue weighted by Gasteiger charge is 2.38. The number of aromatic nitrogens is 3. The largest absolute Gasteiger partial charge is 0.492 e. The van der Waals surface area contributed by atoms with Gasteiger partial charge in [-0.15, -0.1) is 0 Å². The number of carboxylic acids is 2. The smallest absolute Gasteiger partial charge is 0.490 e. The first-order valence-corrected chi connectivity index (χ1v) is 10.6. The van der Waals surface area contributed by atoms with E-state index in [4.69, 9.17) is 24.5 Å². The minimum Gasteiger partial charge on any atom is -0.492 e. The molecule has 1 aliphatic carbocycles. The molecule has 2 aromatic heterocycles. The van der Waals surface area contributed by atoms with Crippen LogP contribution in [-0.4, -0.2) is 73.6 Å². The van der Waals surface area contributed by atoms with Gasteiger partial charge in [-0.2, -0.15) is 26.3 Å². The number of alkyl halides is 6. The average molecular weight is 526 g/mol. The SMILES string of the molecule is O=C(O)C(F)(F)F.O=C(O)C(F)(F)F.c1cncc(OCC2CN(CC3CC3)Cc3cncn3C2)c1. The molecule has 4 rings (SSSR count). The predicted octanol–water partition coefficient (Wildman–Crippen LogP) is 3.47. The zero-order valence-electron chi connectivity index (χ0n) is 18.7. The van der Waals surface area contributed by atoms with Crippen LogP contribution in [0.4, 0.5) is 26.3 Å². The molecule has 0 aromatic carbocycles. The summed E-state index contributed by atoms with van der Waals surface area (Å²) in [6.07, 6.45) is 0.130. The minimum atomic E-state index is -5.08. The van der Waals surface area contributed by atoms with E-state index < -0.39 is 24.3 Å². The van der Waals surface area contributed by atoms with Gasteiger partial charge in [-0.05, 0) is 30.9 Å². The van der Waals surface area contributed by atoms with Gasteiger partial charge >= 0.3 is 24.3 Å². The third kappa shape index (κ3) is 10.5. The summed E-state index contributed by atoms with van der Waals surface area (Å²) < 4.78 is 71.7. The number of carboxylic acid groups (broad SMARTS) is 2. The first-order chi connectivity index (χ1) is 16.8. The fourth-order valence-corrected chi connectivity index (χ4v) is 3.20. The summed E-state index contributed by atoms with van der Waals surface area (Å²) in [4.78, 5) is 28.8. The lowest BCUT2D eigenvalue weighted by molar-refractivity contribution is -0.193. The Labute approximate surface area is 201 Å². The Hall–Kier alpha value is -3.36. The number of hydrogen-bond donors (Lipinski definition) is 2. The molecule has 36 heavy (non-hydrogen) atoms. The molecule has 1 fully saturated rings. The third-order valence-electron chi connectivity index (χ3n) is 4.97. The Bertz CT molecular complexity index is 955. The van der Waals surface area contributed by atoms with Gasteiger partial charge in [0.25, 0.3) is 0 Å². The second-order valence-electron chi connectivity index (χ2n) is 8.15. The molecule has 2 aliphatic rings. The van der Waals surface area contributed by atoms with E-state index in [-0.39, 0.29) is 0 Å². The molecular formula is C21H24F6N4O5. The topological polar surface area (TPSA) is 118 Å². The summed E-state index contributed by atoms with van der Waals surface area (Å²) in [7, 11) is 0. The summed E-state index contributed by atoms with van der Waals surface area (Å²) in [6.45, 7) is 5.04. The summed E-state index contributed by atoms with van der Waals surface area (Å²) in [5, 5.41) is 14.2. The zero-order chi connectivity index (χ0) is 26.9. The number of halogens is 6. The van der Waals surface area contributed by atoms with Crippen molar-refractivity contribution < 1.29 is 50.9 Å². The van der Waals surface area contributed by atoms with Gasteiger partial charge in [-0.25, -0.2) is 14.6 Å². The van der Waals surface area contributed by atoms with E-state index in [1.54, 1.807) is 12.4 Å². The fraction of sp³-hybridized carbons (Fsp3) is 0.524. The van der Waals surface area contributed by atoms with Crippen molar-refractivity contribution in [1.82, 2.24) is 19.4 Å². The van der Waals surface area contributed by atoms with Crippen molar-refractivity contribution in [2.24, 2.45) is 11.8 Å². The van der Waals surface area contributed by atoms with Crippen molar-refractivity contribution in [2.75, 3.05) is 19.7 Å². The number of fused-ring (bicyclic) bond motifs is 1. The fourth-order valence-electron chi connectivity index (χ4n) is 3.20. The van der Waals surface area contributed by atoms with Gasteiger partial charge in [-0.1, -0.05) is 0 Å². The minimum absolute atomic E-state index is 0.481. The normalized spacial score (nSPS) is 17.9. The van der Waals surface area contributed by atoms with E-state index in [0.29, 0.717) is 5.92 Å². The molecule has 0 radical (unpaired) electrons. The number of imidazole rings is 1.